The Morgan fingerprint density at radius 3 is 2.46 bits per heavy atom. The van der Waals surface area contributed by atoms with Gasteiger partial charge in [-0.15, -0.1) is 5.92 Å². The van der Waals surface area contributed by atoms with Crippen molar-refractivity contribution in [3.8, 4) is 23.3 Å². The molecule has 0 spiro atoms. The zero-order valence-corrected chi connectivity index (χ0v) is 20.2. The quantitative estimate of drug-likeness (QED) is 0.232. The summed E-state index contributed by atoms with van der Waals surface area (Å²) in [5, 5.41) is 10.2. The van der Waals surface area contributed by atoms with Crippen LogP contribution in [-0.4, -0.2) is 35.9 Å². The summed E-state index contributed by atoms with van der Waals surface area (Å²) < 4.78 is 16.4. The number of carbonyl (C=O) groups excluding carboxylic acids is 2. The molecule has 0 saturated heterocycles. The molecular formula is C29H32O6. The number of hydrogen-bond acceptors (Lipinski definition) is 6. The number of carbonyl (C=O) groups is 2. The van der Waals surface area contributed by atoms with Crippen LogP contribution in [0, 0.1) is 17.8 Å². The summed E-state index contributed by atoms with van der Waals surface area (Å²) in [5.41, 5.74) is 1.16. The fourth-order valence-corrected chi connectivity index (χ4v) is 4.04. The van der Waals surface area contributed by atoms with Gasteiger partial charge in [-0.25, -0.2) is 9.59 Å². The largest absolute Gasteiger partial charge is 0.481 e. The predicted octanol–water partition coefficient (Wildman–Crippen LogP) is 5.19. The molecule has 6 nitrogen and oxygen atoms in total. The molecule has 1 aliphatic rings. The molecule has 3 unspecified atom stereocenters. The highest BCUT2D eigenvalue weighted by Crippen LogP contribution is 2.30. The average molecular weight is 477 g/mol. The van der Waals surface area contributed by atoms with Crippen LogP contribution in [0.25, 0.3) is 6.08 Å². The van der Waals surface area contributed by atoms with Gasteiger partial charge in [0.1, 0.15) is 24.2 Å². The van der Waals surface area contributed by atoms with Gasteiger partial charge >= 0.3 is 11.9 Å². The minimum Gasteiger partial charge on any atom is -0.481 e. The molecule has 0 heterocycles. The van der Waals surface area contributed by atoms with E-state index in [1.807, 2.05) is 0 Å². The van der Waals surface area contributed by atoms with Crippen LogP contribution in [0.15, 0.2) is 54.6 Å². The first-order valence-electron chi connectivity index (χ1n) is 12.0. The molecule has 0 aliphatic heterocycles. The summed E-state index contributed by atoms with van der Waals surface area (Å²) in [7, 11) is 0. The van der Waals surface area contributed by atoms with Crippen molar-refractivity contribution in [2.75, 3.05) is 6.61 Å². The highest BCUT2D eigenvalue weighted by molar-refractivity contribution is 5.91. The molecule has 1 saturated carbocycles. The highest BCUT2D eigenvalue weighted by atomic mass is 16.6. The lowest BCUT2D eigenvalue weighted by Crippen LogP contribution is -2.37. The maximum absolute atomic E-state index is 12.4. The summed E-state index contributed by atoms with van der Waals surface area (Å²) >= 11 is 0. The third-order valence-electron chi connectivity index (χ3n) is 5.91. The van der Waals surface area contributed by atoms with Crippen molar-refractivity contribution in [1.29, 1.82) is 0 Å². The van der Waals surface area contributed by atoms with Crippen molar-refractivity contribution in [3.05, 3.63) is 65.7 Å². The van der Waals surface area contributed by atoms with Crippen LogP contribution >= 0.6 is 0 Å². The number of hydrogen-bond donors (Lipinski definition) is 1. The van der Waals surface area contributed by atoms with E-state index in [1.165, 1.54) is 6.08 Å². The predicted molar refractivity (Wildman–Crippen MR) is 134 cm³/mol. The first-order chi connectivity index (χ1) is 17.0. The van der Waals surface area contributed by atoms with Crippen molar-refractivity contribution >= 4 is 18.0 Å². The van der Waals surface area contributed by atoms with Crippen LogP contribution in [0.5, 0.6) is 11.5 Å². The van der Waals surface area contributed by atoms with Crippen molar-refractivity contribution < 1.29 is 28.9 Å². The highest BCUT2D eigenvalue weighted by Gasteiger charge is 2.31. The number of benzene rings is 2. The first kappa shape index (κ1) is 26.1. The summed E-state index contributed by atoms with van der Waals surface area (Å²) in [4.78, 5) is 24.6. The van der Waals surface area contributed by atoms with Crippen molar-refractivity contribution in [2.24, 2.45) is 5.92 Å². The molecule has 1 aliphatic carbocycles. The molecule has 0 radical (unpaired) electrons. The van der Waals surface area contributed by atoms with Crippen molar-refractivity contribution in [1.82, 2.24) is 0 Å². The molecular weight excluding hydrogens is 444 g/mol. The summed E-state index contributed by atoms with van der Waals surface area (Å²) in [5.74, 6) is 6.10. The van der Waals surface area contributed by atoms with E-state index in [0.717, 1.165) is 24.8 Å². The van der Waals surface area contributed by atoms with Crippen LogP contribution < -0.4 is 9.47 Å². The van der Waals surface area contributed by atoms with Gasteiger partial charge in [-0.1, -0.05) is 37.8 Å². The monoisotopic (exact) mass is 476 g/mol. The number of aliphatic hydroxyl groups excluding tert-OH is 1. The van der Waals surface area contributed by atoms with E-state index in [9.17, 15) is 14.7 Å². The second-order valence-electron chi connectivity index (χ2n) is 8.54. The minimum atomic E-state index is -0.603. The molecule has 3 rings (SSSR count). The Kier molecular flexibility index (Phi) is 9.94. The SMILES string of the molecule is CC#CCOc1ccc(C(=O)Oc2ccc(/C=C/C(=O)OC3CC(CCC)CCC3O)cc2)cc1. The molecule has 0 amide bonds. The zero-order valence-electron chi connectivity index (χ0n) is 20.2. The lowest BCUT2D eigenvalue weighted by Gasteiger charge is -2.32. The molecule has 0 aromatic heterocycles. The molecule has 0 bridgehead atoms. The van der Waals surface area contributed by atoms with Crippen molar-refractivity contribution in [3.63, 3.8) is 0 Å². The van der Waals surface area contributed by atoms with Gasteiger partial charge in [-0.2, -0.15) is 0 Å². The number of ether oxygens (including phenoxy) is 3. The van der Waals surface area contributed by atoms with Crippen LogP contribution in [0.2, 0.25) is 0 Å². The second-order valence-corrected chi connectivity index (χ2v) is 8.54. The van der Waals surface area contributed by atoms with E-state index in [4.69, 9.17) is 14.2 Å². The molecule has 2 aromatic rings. The van der Waals surface area contributed by atoms with E-state index in [2.05, 4.69) is 18.8 Å². The number of rotatable bonds is 9. The molecule has 6 heteroatoms. The van der Waals surface area contributed by atoms with Crippen LogP contribution in [0.4, 0.5) is 0 Å². The van der Waals surface area contributed by atoms with E-state index in [-0.39, 0.29) is 0 Å². The molecule has 2 aromatic carbocycles. The maximum atomic E-state index is 12.4. The molecule has 184 valence electrons. The Morgan fingerprint density at radius 1 is 1.06 bits per heavy atom. The second kappa shape index (κ2) is 13.4. The van der Waals surface area contributed by atoms with Gasteiger partial charge < -0.3 is 19.3 Å². The summed E-state index contributed by atoms with van der Waals surface area (Å²) in [6.45, 7) is 4.17. The van der Waals surface area contributed by atoms with Crippen LogP contribution in [-0.2, 0) is 9.53 Å². The average Bonchev–Trinajstić information content (AvgIpc) is 2.86. The van der Waals surface area contributed by atoms with Gasteiger partial charge in [0, 0.05) is 6.08 Å². The third kappa shape index (κ3) is 8.31. The standard InChI is InChI=1S/C29H32O6/c1-3-5-19-33-24-15-11-23(12-16-24)29(32)34-25-13-7-21(8-14-25)10-18-28(31)35-27-20-22(6-4-2)9-17-26(27)30/h7-8,10-16,18,22,26-27,30H,4,6,9,17,19-20H2,1-2H3/b18-10+. The Balaban J connectivity index is 1.49. The molecule has 1 fully saturated rings. The maximum Gasteiger partial charge on any atom is 0.343 e. The molecule has 3 atom stereocenters. The van der Waals surface area contributed by atoms with Gasteiger partial charge in [0.25, 0.3) is 0 Å². The molecule has 1 N–H and O–H groups in total. The minimum absolute atomic E-state index is 0.292. The summed E-state index contributed by atoms with van der Waals surface area (Å²) in [6.07, 6.45) is 6.45. The van der Waals surface area contributed by atoms with Gasteiger partial charge in [0.2, 0.25) is 0 Å². The van der Waals surface area contributed by atoms with Gasteiger partial charge in [-0.3, -0.25) is 0 Å². The number of aliphatic hydroxyl groups is 1. The normalized spacial score (nSPS) is 19.5. The van der Waals surface area contributed by atoms with E-state index < -0.39 is 24.1 Å². The van der Waals surface area contributed by atoms with Gasteiger partial charge in [0.15, 0.2) is 0 Å². The lowest BCUT2D eigenvalue weighted by molar-refractivity contribution is -0.153. The van der Waals surface area contributed by atoms with Crippen LogP contribution in [0.3, 0.4) is 0 Å². The Bertz CT molecular complexity index is 1060. The van der Waals surface area contributed by atoms with E-state index in [0.29, 0.717) is 42.4 Å². The van der Waals surface area contributed by atoms with Crippen molar-refractivity contribution in [2.45, 2.75) is 58.2 Å². The summed E-state index contributed by atoms with van der Waals surface area (Å²) in [6, 6.07) is 13.4. The van der Waals surface area contributed by atoms with Gasteiger partial charge in [0.05, 0.1) is 11.7 Å². The third-order valence-corrected chi connectivity index (χ3v) is 5.91. The fraction of sp³-hybridized carbons (Fsp3) is 0.379. The lowest BCUT2D eigenvalue weighted by atomic mass is 9.83. The smallest absolute Gasteiger partial charge is 0.343 e. The van der Waals surface area contributed by atoms with E-state index in [1.54, 1.807) is 61.5 Å². The molecule has 35 heavy (non-hydrogen) atoms. The Morgan fingerprint density at radius 2 is 1.77 bits per heavy atom. The van der Waals surface area contributed by atoms with E-state index >= 15 is 0 Å². The Hall–Kier alpha value is -3.56. The first-order valence-corrected chi connectivity index (χ1v) is 12.0. The van der Waals surface area contributed by atoms with Gasteiger partial charge in [-0.05, 0) is 80.1 Å². The van der Waals surface area contributed by atoms with Crippen LogP contribution in [0.1, 0.15) is 61.9 Å². The Labute approximate surface area is 206 Å². The topological polar surface area (TPSA) is 82.1 Å². The zero-order chi connectivity index (χ0) is 25.0. The number of esters is 2. The fourth-order valence-electron chi connectivity index (χ4n) is 4.04.